The van der Waals surface area contributed by atoms with E-state index in [1.54, 1.807) is 36.7 Å². The first-order chi connectivity index (χ1) is 15.5. The van der Waals surface area contributed by atoms with Gasteiger partial charge in [-0.25, -0.2) is 4.79 Å². The van der Waals surface area contributed by atoms with Crippen molar-refractivity contribution in [1.82, 2.24) is 4.98 Å². The number of nitrogens with one attached hydrogen (secondary N) is 1. The molecular weight excluding hydrogens is 406 g/mol. The first-order valence-electron chi connectivity index (χ1n) is 10.4. The van der Waals surface area contributed by atoms with Gasteiger partial charge in [0, 0.05) is 36.6 Å². The fourth-order valence-electron chi connectivity index (χ4n) is 4.04. The zero-order valence-electron chi connectivity index (χ0n) is 17.5. The molecule has 3 aromatic rings. The van der Waals surface area contributed by atoms with Gasteiger partial charge in [-0.1, -0.05) is 12.1 Å². The number of ether oxygens (including phenoxy) is 1. The molecule has 8 nitrogen and oxygen atoms in total. The minimum absolute atomic E-state index is 0.0753. The molecule has 4 rings (SSSR count). The van der Waals surface area contributed by atoms with Gasteiger partial charge in [-0.2, -0.15) is 0 Å². The maximum Gasteiger partial charge on any atom is 0.404 e. The van der Waals surface area contributed by atoms with E-state index in [9.17, 15) is 9.59 Å². The smallest absolute Gasteiger partial charge is 0.404 e. The lowest BCUT2D eigenvalue weighted by molar-refractivity contribution is 0.100. The van der Waals surface area contributed by atoms with Gasteiger partial charge < -0.3 is 26.4 Å². The van der Waals surface area contributed by atoms with Crippen molar-refractivity contribution in [2.45, 2.75) is 25.0 Å². The molecule has 0 radical (unpaired) electrons. The van der Waals surface area contributed by atoms with Crippen LogP contribution in [0.5, 0.6) is 0 Å². The molecule has 8 heteroatoms. The van der Waals surface area contributed by atoms with Gasteiger partial charge in [0.25, 0.3) is 5.91 Å². The van der Waals surface area contributed by atoms with Crippen LogP contribution in [0, 0.1) is 0 Å². The third-order valence-electron chi connectivity index (χ3n) is 5.62. The minimum atomic E-state index is -0.774. The lowest BCUT2D eigenvalue weighted by atomic mass is 10.0. The molecule has 0 spiro atoms. The summed E-state index contributed by atoms with van der Waals surface area (Å²) in [6, 6.07) is 18.3. The highest BCUT2D eigenvalue weighted by Gasteiger charge is 2.36. The van der Waals surface area contributed by atoms with Gasteiger partial charge in [-0.3, -0.25) is 9.78 Å². The highest BCUT2D eigenvalue weighted by Crippen LogP contribution is 2.30. The van der Waals surface area contributed by atoms with E-state index in [0.29, 0.717) is 36.3 Å². The molecule has 1 aliphatic rings. The molecule has 2 heterocycles. The van der Waals surface area contributed by atoms with Crippen molar-refractivity contribution in [2.75, 3.05) is 22.5 Å². The zero-order valence-corrected chi connectivity index (χ0v) is 17.5. The van der Waals surface area contributed by atoms with Gasteiger partial charge in [-0.05, 0) is 60.5 Å². The van der Waals surface area contributed by atoms with Gasteiger partial charge in [0.05, 0.1) is 17.4 Å². The number of para-hydroxylation sites is 2. The Morgan fingerprint density at radius 3 is 2.47 bits per heavy atom. The van der Waals surface area contributed by atoms with E-state index in [4.69, 9.17) is 16.2 Å². The molecule has 1 aliphatic heterocycles. The maximum atomic E-state index is 12.6. The molecular formula is C24H25N5O3. The summed E-state index contributed by atoms with van der Waals surface area (Å²) in [5.74, 6) is -0.237. The van der Waals surface area contributed by atoms with Crippen LogP contribution in [0.2, 0.25) is 0 Å². The number of pyridine rings is 1. The summed E-state index contributed by atoms with van der Waals surface area (Å²) in [6.45, 7) is 0.708. The van der Waals surface area contributed by atoms with Crippen molar-refractivity contribution in [3.8, 4) is 0 Å². The number of carbonyl (C=O) groups is 2. The maximum absolute atomic E-state index is 12.6. The third-order valence-corrected chi connectivity index (χ3v) is 5.62. The molecule has 2 aromatic carbocycles. The van der Waals surface area contributed by atoms with E-state index in [1.807, 2.05) is 36.4 Å². The number of nitrogens with two attached hydrogens (primary N) is 2. The van der Waals surface area contributed by atoms with E-state index >= 15 is 0 Å². The van der Waals surface area contributed by atoms with Crippen LogP contribution < -0.4 is 21.7 Å². The molecule has 5 N–H and O–H groups in total. The first kappa shape index (κ1) is 21.2. The molecule has 32 heavy (non-hydrogen) atoms. The number of primary amides is 1. The highest BCUT2D eigenvalue weighted by molar-refractivity contribution is 6.05. The molecule has 2 atom stereocenters. The Hall–Kier alpha value is -4.07. The number of rotatable bonds is 6. The number of benzene rings is 2. The van der Waals surface area contributed by atoms with Crippen LogP contribution in [-0.4, -0.2) is 35.7 Å². The van der Waals surface area contributed by atoms with Crippen molar-refractivity contribution in [1.29, 1.82) is 0 Å². The monoisotopic (exact) mass is 431 g/mol. The molecule has 2 amide bonds. The summed E-state index contributed by atoms with van der Waals surface area (Å²) < 4.78 is 5.39. The average molecular weight is 431 g/mol. The number of nitrogen functional groups attached to an aromatic ring is 1. The van der Waals surface area contributed by atoms with Crippen molar-refractivity contribution >= 4 is 29.1 Å². The number of anilines is 3. The summed E-state index contributed by atoms with van der Waals surface area (Å²) in [5.41, 5.74) is 14.8. The van der Waals surface area contributed by atoms with Crippen molar-refractivity contribution in [2.24, 2.45) is 5.73 Å². The number of nitrogens with zero attached hydrogens (tertiary/aromatic N) is 2. The lowest BCUT2D eigenvalue weighted by Crippen LogP contribution is -2.40. The zero-order chi connectivity index (χ0) is 22.5. The highest BCUT2D eigenvalue weighted by atomic mass is 16.6. The predicted octanol–water partition coefficient (Wildman–Crippen LogP) is 3.20. The molecule has 0 aliphatic carbocycles. The van der Waals surface area contributed by atoms with E-state index in [0.717, 1.165) is 11.3 Å². The first-order valence-corrected chi connectivity index (χ1v) is 10.4. The van der Waals surface area contributed by atoms with E-state index in [1.165, 1.54) is 0 Å². The van der Waals surface area contributed by atoms with Gasteiger partial charge in [0.15, 0.2) is 0 Å². The SMILES string of the molecule is NC(=O)OC1CCN(c2ccc(C(=O)Nc3ccccc3N)cc2)C1Cc1ccncc1. The Morgan fingerprint density at radius 2 is 1.78 bits per heavy atom. The molecule has 2 unspecified atom stereocenters. The summed E-state index contributed by atoms with van der Waals surface area (Å²) in [4.78, 5) is 30.3. The molecule has 1 saturated heterocycles. The number of carbonyl (C=O) groups excluding carboxylic acids is 2. The minimum Gasteiger partial charge on any atom is -0.444 e. The van der Waals surface area contributed by atoms with Crippen LogP contribution >= 0.6 is 0 Å². The second kappa shape index (κ2) is 9.38. The Balaban J connectivity index is 1.51. The van der Waals surface area contributed by atoms with Gasteiger partial charge in [-0.15, -0.1) is 0 Å². The van der Waals surface area contributed by atoms with Gasteiger partial charge >= 0.3 is 6.09 Å². The molecule has 0 saturated carbocycles. The second-order valence-electron chi connectivity index (χ2n) is 7.67. The Bertz CT molecular complexity index is 1090. The molecule has 164 valence electrons. The fraction of sp³-hybridized carbons (Fsp3) is 0.208. The lowest BCUT2D eigenvalue weighted by Gasteiger charge is -2.29. The quantitative estimate of drug-likeness (QED) is 0.515. The van der Waals surface area contributed by atoms with E-state index in [2.05, 4.69) is 15.2 Å². The Labute approximate surface area is 186 Å². The van der Waals surface area contributed by atoms with E-state index in [-0.39, 0.29) is 18.1 Å². The molecule has 0 bridgehead atoms. The molecule has 1 aromatic heterocycles. The van der Waals surface area contributed by atoms with Crippen LogP contribution in [0.3, 0.4) is 0 Å². The van der Waals surface area contributed by atoms with E-state index < -0.39 is 6.09 Å². The standard InChI is InChI=1S/C24H25N5O3/c25-19-3-1-2-4-20(19)28-23(30)17-5-7-18(8-6-17)29-14-11-22(32-24(26)31)21(29)15-16-9-12-27-13-10-16/h1-10,12-13,21-22H,11,14-15,25H2,(H2,26,31)(H,28,30). The summed E-state index contributed by atoms with van der Waals surface area (Å²) in [6.07, 6.45) is 3.75. The van der Waals surface area contributed by atoms with Crippen LogP contribution in [-0.2, 0) is 11.2 Å². The average Bonchev–Trinajstić information content (AvgIpc) is 3.17. The summed E-state index contributed by atoms with van der Waals surface area (Å²) in [7, 11) is 0. The van der Waals surface area contributed by atoms with Crippen LogP contribution in [0.15, 0.2) is 73.1 Å². The summed E-state index contributed by atoms with van der Waals surface area (Å²) in [5, 5.41) is 2.83. The Kier molecular flexibility index (Phi) is 6.21. The Morgan fingerprint density at radius 1 is 1.06 bits per heavy atom. The second-order valence-corrected chi connectivity index (χ2v) is 7.67. The van der Waals surface area contributed by atoms with Crippen molar-refractivity contribution < 1.29 is 14.3 Å². The van der Waals surface area contributed by atoms with Crippen LogP contribution in [0.25, 0.3) is 0 Å². The number of hydrogen-bond acceptors (Lipinski definition) is 6. The largest absolute Gasteiger partial charge is 0.444 e. The van der Waals surface area contributed by atoms with Crippen LogP contribution in [0.4, 0.5) is 21.9 Å². The normalized spacial score (nSPS) is 17.7. The number of amides is 2. The van der Waals surface area contributed by atoms with Gasteiger partial charge in [0.2, 0.25) is 0 Å². The number of aromatic nitrogens is 1. The van der Waals surface area contributed by atoms with Crippen molar-refractivity contribution in [3.63, 3.8) is 0 Å². The third kappa shape index (κ3) is 4.80. The predicted molar refractivity (Wildman–Crippen MR) is 123 cm³/mol. The van der Waals surface area contributed by atoms with Crippen molar-refractivity contribution in [3.05, 3.63) is 84.2 Å². The topological polar surface area (TPSA) is 124 Å². The van der Waals surface area contributed by atoms with Gasteiger partial charge in [0.1, 0.15) is 6.10 Å². The van der Waals surface area contributed by atoms with Crippen LogP contribution in [0.1, 0.15) is 22.3 Å². The molecule has 1 fully saturated rings. The summed E-state index contributed by atoms with van der Waals surface area (Å²) >= 11 is 0. The number of hydrogen-bond donors (Lipinski definition) is 3. The fourth-order valence-corrected chi connectivity index (χ4v) is 4.04.